The standard InChI is InChI=1S/C19H23NO3/c1-19(2,13-15-9-11-17(22-3)12-10-15)20-18(21)23-14-16-7-5-4-6-8-16/h4-12H,13-14H2,1-3H3,(H,20,21). The van der Waals surface area contributed by atoms with E-state index in [0.29, 0.717) is 6.42 Å². The van der Waals surface area contributed by atoms with Crippen LogP contribution in [0.2, 0.25) is 0 Å². The maximum atomic E-state index is 12.0. The van der Waals surface area contributed by atoms with E-state index < -0.39 is 11.6 Å². The Hall–Kier alpha value is -2.49. The molecule has 23 heavy (non-hydrogen) atoms. The van der Waals surface area contributed by atoms with Gasteiger partial charge in [0.1, 0.15) is 12.4 Å². The van der Waals surface area contributed by atoms with Crippen LogP contribution in [0.4, 0.5) is 4.79 Å². The number of benzene rings is 2. The van der Waals surface area contributed by atoms with Crippen LogP contribution < -0.4 is 10.1 Å². The zero-order valence-electron chi connectivity index (χ0n) is 13.8. The molecule has 2 aromatic carbocycles. The van der Waals surface area contributed by atoms with Crippen LogP contribution in [0.5, 0.6) is 5.75 Å². The maximum Gasteiger partial charge on any atom is 0.407 e. The minimum absolute atomic E-state index is 0.269. The number of nitrogens with one attached hydrogen (secondary N) is 1. The number of alkyl carbamates (subject to hydrolysis) is 1. The average molecular weight is 313 g/mol. The summed E-state index contributed by atoms with van der Waals surface area (Å²) in [5, 5.41) is 2.91. The number of methoxy groups -OCH3 is 1. The van der Waals surface area contributed by atoms with Crippen molar-refractivity contribution in [2.75, 3.05) is 7.11 Å². The van der Waals surface area contributed by atoms with Crippen molar-refractivity contribution in [3.63, 3.8) is 0 Å². The Morgan fingerprint density at radius 3 is 2.26 bits per heavy atom. The molecule has 0 fully saturated rings. The van der Waals surface area contributed by atoms with Gasteiger partial charge < -0.3 is 14.8 Å². The van der Waals surface area contributed by atoms with Crippen LogP contribution in [0.3, 0.4) is 0 Å². The van der Waals surface area contributed by atoms with Crippen LogP contribution in [-0.4, -0.2) is 18.7 Å². The Balaban J connectivity index is 1.85. The number of carbonyl (C=O) groups excluding carboxylic acids is 1. The number of carbonyl (C=O) groups is 1. The number of hydrogen-bond acceptors (Lipinski definition) is 3. The third-order valence-electron chi connectivity index (χ3n) is 3.46. The van der Waals surface area contributed by atoms with E-state index >= 15 is 0 Å². The zero-order valence-corrected chi connectivity index (χ0v) is 13.8. The molecule has 0 aliphatic heterocycles. The molecule has 0 aliphatic rings. The van der Waals surface area contributed by atoms with Crippen molar-refractivity contribution < 1.29 is 14.3 Å². The summed E-state index contributed by atoms with van der Waals surface area (Å²) in [5.74, 6) is 0.821. The molecule has 0 bridgehead atoms. The predicted octanol–water partition coefficient (Wildman–Crippen LogP) is 3.94. The summed E-state index contributed by atoms with van der Waals surface area (Å²) in [6, 6.07) is 17.5. The fraction of sp³-hybridized carbons (Fsp3) is 0.316. The summed E-state index contributed by atoms with van der Waals surface area (Å²) >= 11 is 0. The van der Waals surface area contributed by atoms with Crippen LogP contribution in [-0.2, 0) is 17.8 Å². The van der Waals surface area contributed by atoms with Crippen molar-refractivity contribution in [1.29, 1.82) is 0 Å². The minimum Gasteiger partial charge on any atom is -0.497 e. The monoisotopic (exact) mass is 313 g/mol. The van der Waals surface area contributed by atoms with Gasteiger partial charge in [0.2, 0.25) is 0 Å². The van der Waals surface area contributed by atoms with Gasteiger partial charge in [0.15, 0.2) is 0 Å². The van der Waals surface area contributed by atoms with Gasteiger partial charge in [-0.1, -0.05) is 42.5 Å². The van der Waals surface area contributed by atoms with Crippen LogP contribution in [0.15, 0.2) is 54.6 Å². The minimum atomic E-state index is -0.410. The molecular weight excluding hydrogens is 290 g/mol. The van der Waals surface area contributed by atoms with Gasteiger partial charge in [0.25, 0.3) is 0 Å². The smallest absolute Gasteiger partial charge is 0.407 e. The van der Waals surface area contributed by atoms with Crippen molar-refractivity contribution in [2.24, 2.45) is 0 Å². The van der Waals surface area contributed by atoms with E-state index in [2.05, 4.69) is 5.32 Å². The van der Waals surface area contributed by atoms with E-state index in [1.54, 1.807) is 7.11 Å². The van der Waals surface area contributed by atoms with E-state index in [-0.39, 0.29) is 6.61 Å². The van der Waals surface area contributed by atoms with E-state index in [0.717, 1.165) is 16.9 Å². The second kappa shape index (κ2) is 7.68. The van der Waals surface area contributed by atoms with Gasteiger partial charge in [-0.05, 0) is 43.5 Å². The summed E-state index contributed by atoms with van der Waals surface area (Å²) in [6.45, 7) is 4.22. The van der Waals surface area contributed by atoms with Crippen molar-refractivity contribution >= 4 is 6.09 Å². The number of hydrogen-bond donors (Lipinski definition) is 1. The highest BCUT2D eigenvalue weighted by Gasteiger charge is 2.21. The molecule has 0 aliphatic carbocycles. The van der Waals surface area contributed by atoms with Crippen molar-refractivity contribution in [3.05, 3.63) is 65.7 Å². The number of amides is 1. The molecule has 2 aromatic rings. The molecule has 1 N–H and O–H groups in total. The highest BCUT2D eigenvalue weighted by Crippen LogP contribution is 2.17. The predicted molar refractivity (Wildman–Crippen MR) is 90.5 cm³/mol. The van der Waals surface area contributed by atoms with E-state index in [4.69, 9.17) is 9.47 Å². The molecule has 122 valence electrons. The Morgan fingerprint density at radius 2 is 1.65 bits per heavy atom. The molecule has 1 amide bonds. The summed E-state index contributed by atoms with van der Waals surface area (Å²) in [7, 11) is 1.64. The first-order chi connectivity index (χ1) is 11.0. The molecule has 0 atom stereocenters. The molecule has 0 radical (unpaired) electrons. The third kappa shape index (κ3) is 5.66. The van der Waals surface area contributed by atoms with Crippen LogP contribution in [0.25, 0.3) is 0 Å². The average Bonchev–Trinajstić information content (AvgIpc) is 2.54. The normalized spacial score (nSPS) is 10.9. The topological polar surface area (TPSA) is 47.6 Å². The first-order valence-electron chi connectivity index (χ1n) is 7.60. The van der Waals surface area contributed by atoms with Crippen molar-refractivity contribution in [2.45, 2.75) is 32.4 Å². The highest BCUT2D eigenvalue weighted by molar-refractivity contribution is 5.68. The van der Waals surface area contributed by atoms with Gasteiger partial charge in [-0.25, -0.2) is 4.79 Å². The number of ether oxygens (including phenoxy) is 2. The van der Waals surface area contributed by atoms with Crippen molar-refractivity contribution in [1.82, 2.24) is 5.32 Å². The molecule has 0 saturated heterocycles. The van der Waals surface area contributed by atoms with Gasteiger partial charge in [0.05, 0.1) is 7.11 Å². The second-order valence-corrected chi connectivity index (χ2v) is 6.10. The molecule has 0 heterocycles. The quantitative estimate of drug-likeness (QED) is 0.878. The summed E-state index contributed by atoms with van der Waals surface area (Å²) in [5.41, 5.74) is 1.69. The molecule has 4 nitrogen and oxygen atoms in total. The van der Waals surface area contributed by atoms with Crippen LogP contribution in [0.1, 0.15) is 25.0 Å². The van der Waals surface area contributed by atoms with Gasteiger partial charge in [-0.15, -0.1) is 0 Å². The Labute approximate surface area is 137 Å². The molecule has 2 rings (SSSR count). The van der Waals surface area contributed by atoms with Gasteiger partial charge in [-0.3, -0.25) is 0 Å². The second-order valence-electron chi connectivity index (χ2n) is 6.10. The zero-order chi connectivity index (χ0) is 16.7. The molecule has 0 aromatic heterocycles. The molecule has 0 spiro atoms. The fourth-order valence-corrected chi connectivity index (χ4v) is 2.33. The number of rotatable bonds is 6. The van der Waals surface area contributed by atoms with Gasteiger partial charge in [-0.2, -0.15) is 0 Å². The van der Waals surface area contributed by atoms with E-state index in [9.17, 15) is 4.79 Å². The van der Waals surface area contributed by atoms with Crippen LogP contribution >= 0.6 is 0 Å². The van der Waals surface area contributed by atoms with Gasteiger partial charge >= 0.3 is 6.09 Å². The Morgan fingerprint density at radius 1 is 1.00 bits per heavy atom. The van der Waals surface area contributed by atoms with E-state index in [1.165, 1.54) is 0 Å². The first kappa shape index (κ1) is 16.9. The SMILES string of the molecule is COc1ccc(CC(C)(C)NC(=O)OCc2ccccc2)cc1. The lowest BCUT2D eigenvalue weighted by atomic mass is 9.95. The maximum absolute atomic E-state index is 12.0. The van der Waals surface area contributed by atoms with Crippen molar-refractivity contribution in [3.8, 4) is 5.75 Å². The highest BCUT2D eigenvalue weighted by atomic mass is 16.5. The molecule has 4 heteroatoms. The lowest BCUT2D eigenvalue weighted by molar-refractivity contribution is 0.129. The summed E-state index contributed by atoms with van der Waals surface area (Å²) in [4.78, 5) is 12.0. The lowest BCUT2D eigenvalue weighted by Crippen LogP contribution is -2.45. The molecular formula is C19H23NO3. The first-order valence-corrected chi connectivity index (χ1v) is 7.60. The lowest BCUT2D eigenvalue weighted by Gasteiger charge is -2.26. The summed E-state index contributed by atoms with van der Waals surface area (Å²) in [6.07, 6.45) is 0.296. The molecule has 0 saturated carbocycles. The van der Waals surface area contributed by atoms with Crippen LogP contribution in [0, 0.1) is 0 Å². The summed E-state index contributed by atoms with van der Waals surface area (Å²) < 4.78 is 10.4. The Bertz CT molecular complexity index is 621. The Kier molecular flexibility index (Phi) is 5.63. The van der Waals surface area contributed by atoms with E-state index in [1.807, 2.05) is 68.4 Å². The fourth-order valence-electron chi connectivity index (χ4n) is 2.33. The third-order valence-corrected chi connectivity index (χ3v) is 3.46. The largest absolute Gasteiger partial charge is 0.497 e. The molecule has 0 unspecified atom stereocenters. The van der Waals surface area contributed by atoms with Gasteiger partial charge in [0, 0.05) is 5.54 Å².